The first-order valence-corrected chi connectivity index (χ1v) is 24.6. The van der Waals surface area contributed by atoms with E-state index in [2.05, 4.69) is 310 Å². The second kappa shape index (κ2) is 18.4. The van der Waals surface area contributed by atoms with Gasteiger partial charge in [-0.2, -0.15) is 0 Å². The van der Waals surface area contributed by atoms with E-state index in [9.17, 15) is 0 Å². The van der Waals surface area contributed by atoms with E-state index in [-0.39, 0.29) is 0 Å². The molecule has 4 heteroatoms. The van der Waals surface area contributed by atoms with Crippen molar-refractivity contribution in [2.24, 2.45) is 0 Å². The Balaban J connectivity index is 1.16. The predicted octanol–water partition coefficient (Wildman–Crippen LogP) is 19.2. The minimum atomic E-state index is 1.06. The lowest BCUT2D eigenvalue weighted by molar-refractivity contribution is 1.18. The molecule has 0 atom stereocenters. The van der Waals surface area contributed by atoms with Crippen molar-refractivity contribution in [2.45, 2.75) is 0 Å². The minimum Gasteiger partial charge on any atom is -0.310 e. The molecule has 1 aromatic heterocycles. The van der Waals surface area contributed by atoms with E-state index in [0.717, 1.165) is 89.5 Å². The third-order valence-electron chi connectivity index (χ3n) is 13.9. The van der Waals surface area contributed by atoms with Crippen LogP contribution in [0.4, 0.5) is 51.2 Å². The molecule has 0 aliphatic rings. The van der Waals surface area contributed by atoms with Crippen molar-refractivity contribution in [1.29, 1.82) is 0 Å². The summed E-state index contributed by atoms with van der Waals surface area (Å²) in [5.41, 5.74) is 15.5. The number of fused-ring (bicyclic) bond motifs is 5. The number of anilines is 9. The fourth-order valence-electron chi connectivity index (χ4n) is 10.8. The van der Waals surface area contributed by atoms with Crippen LogP contribution in [0.5, 0.6) is 0 Å². The molecule has 0 fully saturated rings. The van der Waals surface area contributed by atoms with Gasteiger partial charge in [-0.25, -0.2) is 0 Å². The number of nitrogens with zero attached hydrogens (tertiary/aromatic N) is 4. The highest BCUT2D eigenvalue weighted by Gasteiger charge is 2.26. The second-order valence-electron chi connectivity index (χ2n) is 18.1. The predicted molar refractivity (Wildman–Crippen MR) is 305 cm³/mol. The van der Waals surface area contributed by atoms with Gasteiger partial charge in [-0.3, -0.25) is 0 Å². The highest BCUT2D eigenvalue weighted by Crippen LogP contribution is 2.52. The molecule has 0 aliphatic heterocycles. The summed E-state index contributed by atoms with van der Waals surface area (Å²) < 4.78 is 2.39. The highest BCUT2D eigenvalue weighted by atomic mass is 15.2. The van der Waals surface area contributed by atoms with Gasteiger partial charge in [0.1, 0.15) is 0 Å². The van der Waals surface area contributed by atoms with E-state index >= 15 is 0 Å². The molecule has 0 bridgehead atoms. The zero-order chi connectivity index (χ0) is 47.8. The van der Waals surface area contributed by atoms with E-state index in [1.54, 1.807) is 0 Å². The molecule has 0 N–H and O–H groups in total. The van der Waals surface area contributed by atoms with Crippen LogP contribution in [0.25, 0.3) is 60.2 Å². The van der Waals surface area contributed by atoms with Crippen LogP contribution in [0, 0.1) is 0 Å². The third-order valence-corrected chi connectivity index (χ3v) is 13.9. The first-order valence-electron chi connectivity index (χ1n) is 24.6. The lowest BCUT2D eigenvalue weighted by Gasteiger charge is -2.32. The smallest absolute Gasteiger partial charge is 0.0619 e. The quantitative estimate of drug-likeness (QED) is 0.120. The molecule has 13 rings (SSSR count). The Morgan fingerprint density at radius 2 is 0.597 bits per heavy atom. The molecular weight excluding hydrogens is 873 g/mol. The van der Waals surface area contributed by atoms with Gasteiger partial charge in [0.15, 0.2) is 0 Å². The van der Waals surface area contributed by atoms with Crippen molar-refractivity contribution < 1.29 is 0 Å². The Morgan fingerprint density at radius 1 is 0.222 bits per heavy atom. The Kier molecular flexibility index (Phi) is 10.8. The summed E-state index contributed by atoms with van der Waals surface area (Å²) in [4.78, 5) is 7.23. The van der Waals surface area contributed by atoms with Gasteiger partial charge < -0.3 is 19.3 Å². The summed E-state index contributed by atoms with van der Waals surface area (Å²) in [6.45, 7) is 0. The number of benzene rings is 12. The van der Waals surface area contributed by atoms with E-state index in [1.807, 2.05) is 0 Å². The largest absolute Gasteiger partial charge is 0.310 e. The Morgan fingerprint density at radius 3 is 1.12 bits per heavy atom. The molecule has 0 unspecified atom stereocenters. The van der Waals surface area contributed by atoms with Crippen LogP contribution < -0.4 is 14.7 Å². The Hall–Kier alpha value is -9.64. The van der Waals surface area contributed by atoms with Gasteiger partial charge in [0.25, 0.3) is 0 Å². The average Bonchev–Trinajstić information content (AvgIpc) is 3.79. The summed E-state index contributed by atoms with van der Waals surface area (Å²) in [5.74, 6) is 0. The normalized spacial score (nSPS) is 11.3. The van der Waals surface area contributed by atoms with Crippen molar-refractivity contribution in [1.82, 2.24) is 4.57 Å². The first-order chi connectivity index (χ1) is 35.8. The van der Waals surface area contributed by atoms with Gasteiger partial charge in [-0.05, 0) is 143 Å². The molecule has 0 aliphatic carbocycles. The molecule has 1 heterocycles. The summed E-state index contributed by atoms with van der Waals surface area (Å²) >= 11 is 0. The van der Waals surface area contributed by atoms with Crippen LogP contribution in [0.3, 0.4) is 0 Å². The van der Waals surface area contributed by atoms with Crippen LogP contribution in [-0.2, 0) is 0 Å². The standard InChI is InChI=1S/C68H48N4/c1-8-24-49(25-9-1)67-60-43-40-57(70(52-30-14-4-15-31-52)53-32-16-5-17-33-53)48-64(60)68(61-44-41-56(47-63(61)67)69(50-26-10-2-11-27-50)51-28-12-3-13-29-51)71(54-34-18-6-19-35-54)58-42-45-66-62(46-58)59-38-22-23-39-65(59)72(66)55-36-20-7-21-37-55/h1-48H. The van der Waals surface area contributed by atoms with Gasteiger partial charge in [0.2, 0.25) is 0 Å². The molecule has 0 saturated carbocycles. The van der Waals surface area contributed by atoms with E-state index in [0.29, 0.717) is 0 Å². The van der Waals surface area contributed by atoms with E-state index in [4.69, 9.17) is 0 Å². The maximum Gasteiger partial charge on any atom is 0.0619 e. The van der Waals surface area contributed by atoms with Crippen molar-refractivity contribution in [2.75, 3.05) is 14.7 Å². The monoisotopic (exact) mass is 920 g/mol. The molecule has 0 spiro atoms. The van der Waals surface area contributed by atoms with Crippen LogP contribution in [0.2, 0.25) is 0 Å². The van der Waals surface area contributed by atoms with Crippen molar-refractivity contribution in [3.8, 4) is 16.8 Å². The summed E-state index contributed by atoms with van der Waals surface area (Å²) in [6.07, 6.45) is 0. The summed E-state index contributed by atoms with van der Waals surface area (Å²) in [6, 6.07) is 105. The molecular formula is C68H48N4. The molecule has 0 radical (unpaired) electrons. The Labute approximate surface area is 419 Å². The maximum absolute atomic E-state index is 2.50. The lowest BCUT2D eigenvalue weighted by Crippen LogP contribution is -2.13. The number of hydrogen-bond acceptors (Lipinski definition) is 3. The number of para-hydroxylation sites is 7. The average molecular weight is 921 g/mol. The van der Waals surface area contributed by atoms with Crippen LogP contribution in [-0.4, -0.2) is 4.57 Å². The highest BCUT2D eigenvalue weighted by molar-refractivity contribution is 6.24. The third kappa shape index (κ3) is 7.50. The molecule has 72 heavy (non-hydrogen) atoms. The fraction of sp³-hybridized carbons (Fsp3) is 0. The van der Waals surface area contributed by atoms with Crippen molar-refractivity contribution in [3.05, 3.63) is 291 Å². The number of hydrogen-bond donors (Lipinski definition) is 0. The summed E-state index contributed by atoms with van der Waals surface area (Å²) in [7, 11) is 0. The zero-order valence-electron chi connectivity index (χ0n) is 39.5. The fourth-order valence-corrected chi connectivity index (χ4v) is 10.8. The lowest BCUT2D eigenvalue weighted by atomic mass is 9.89. The summed E-state index contributed by atoms with van der Waals surface area (Å²) in [5, 5.41) is 6.95. The second-order valence-corrected chi connectivity index (χ2v) is 18.1. The number of rotatable bonds is 11. The number of aromatic nitrogens is 1. The molecule has 13 aromatic rings. The van der Waals surface area contributed by atoms with Gasteiger partial charge in [0, 0.05) is 72.7 Å². The topological polar surface area (TPSA) is 14.7 Å². The van der Waals surface area contributed by atoms with Crippen LogP contribution >= 0.6 is 0 Å². The molecule has 340 valence electrons. The molecule has 12 aromatic carbocycles. The molecule has 0 amide bonds. The van der Waals surface area contributed by atoms with Crippen LogP contribution in [0.15, 0.2) is 291 Å². The van der Waals surface area contributed by atoms with Crippen molar-refractivity contribution >= 4 is 94.5 Å². The van der Waals surface area contributed by atoms with Crippen molar-refractivity contribution in [3.63, 3.8) is 0 Å². The minimum absolute atomic E-state index is 1.06. The maximum atomic E-state index is 2.50. The van der Waals surface area contributed by atoms with Gasteiger partial charge in [0.05, 0.1) is 16.7 Å². The first kappa shape index (κ1) is 42.5. The van der Waals surface area contributed by atoms with Gasteiger partial charge >= 0.3 is 0 Å². The van der Waals surface area contributed by atoms with E-state index < -0.39 is 0 Å². The van der Waals surface area contributed by atoms with Gasteiger partial charge in [-0.1, -0.05) is 170 Å². The van der Waals surface area contributed by atoms with Crippen LogP contribution in [0.1, 0.15) is 0 Å². The molecule has 0 saturated heterocycles. The van der Waals surface area contributed by atoms with Gasteiger partial charge in [-0.15, -0.1) is 0 Å². The SMILES string of the molecule is c1ccc(-c2c3cc(N(c4ccccc4)c4ccccc4)ccc3c(N(c3ccccc3)c3ccc4c(c3)c3ccccc3n4-c3ccccc3)c3cc(N(c4ccccc4)c4ccccc4)ccc23)cc1. The molecule has 4 nitrogen and oxygen atoms in total. The van der Waals surface area contributed by atoms with E-state index in [1.165, 1.54) is 21.9 Å². The zero-order valence-corrected chi connectivity index (χ0v) is 39.5. The Bertz CT molecular complexity index is 3930.